The van der Waals surface area contributed by atoms with Crippen LogP contribution in [-0.2, 0) is 0 Å². The predicted molar refractivity (Wildman–Crippen MR) is 39.9 cm³/mol. The average Bonchev–Trinajstić information content (AvgIpc) is 1.90. The van der Waals surface area contributed by atoms with Crippen LogP contribution in [0.25, 0.3) is 0 Å². The van der Waals surface area contributed by atoms with Gasteiger partial charge in [0.2, 0.25) is 0 Å². The van der Waals surface area contributed by atoms with E-state index in [1.165, 1.54) is 0 Å². The van der Waals surface area contributed by atoms with Crippen LogP contribution >= 0.6 is 12.6 Å². The molecule has 0 fully saturated rings. The molecule has 1 aromatic rings. The van der Waals surface area contributed by atoms with Crippen LogP contribution in [-0.4, -0.2) is 0 Å². The summed E-state index contributed by atoms with van der Waals surface area (Å²) in [5.74, 6) is 2.27. The summed E-state index contributed by atoms with van der Waals surface area (Å²) >= 11 is 4.08. The molecule has 1 aromatic carbocycles. The van der Waals surface area contributed by atoms with Crippen molar-refractivity contribution in [2.24, 2.45) is 0 Å². The van der Waals surface area contributed by atoms with Gasteiger partial charge in [-0.3, -0.25) is 0 Å². The summed E-state index contributed by atoms with van der Waals surface area (Å²) in [6.45, 7) is 0. The van der Waals surface area contributed by atoms with Crippen molar-refractivity contribution in [1.29, 1.82) is 0 Å². The molecule has 1 heteroatoms. The molecule has 0 nitrogen and oxygen atoms in total. The van der Waals surface area contributed by atoms with Gasteiger partial charge < -0.3 is 0 Å². The molecule has 0 heterocycles. The Hall–Kier alpha value is -0.870. The van der Waals surface area contributed by atoms with Crippen molar-refractivity contribution in [1.82, 2.24) is 0 Å². The molecule has 0 spiro atoms. The Kier molecular flexibility index (Phi) is 1.81. The minimum absolute atomic E-state index is 0.785. The largest absolute Gasteiger partial charge is 0.143 e. The fourth-order valence-electron chi connectivity index (χ4n) is 0.545. The summed E-state index contributed by atoms with van der Waals surface area (Å²) in [7, 11) is 0. The van der Waals surface area contributed by atoms with Crippen molar-refractivity contribution in [3.63, 3.8) is 0 Å². The molecular weight excluding hydrogens is 128 g/mol. The van der Waals surface area contributed by atoms with Crippen molar-refractivity contribution in [2.45, 2.75) is 4.90 Å². The van der Waals surface area contributed by atoms with Crippen LogP contribution < -0.4 is 0 Å². The summed E-state index contributed by atoms with van der Waals surface area (Å²) in [5.41, 5.74) is 0.785. The molecule has 1 radical (unpaired) electrons. The first-order chi connectivity index (χ1) is 4.33. The summed E-state index contributed by atoms with van der Waals surface area (Å²) in [6, 6.07) is 7.27. The Labute approximate surface area is 60.3 Å². The lowest BCUT2D eigenvalue weighted by atomic mass is 10.2. The van der Waals surface area contributed by atoms with Crippen LogP contribution in [0.4, 0.5) is 0 Å². The zero-order chi connectivity index (χ0) is 6.69. The molecule has 9 heavy (non-hydrogen) atoms. The van der Waals surface area contributed by atoms with Crippen LogP contribution in [0.3, 0.4) is 0 Å². The second kappa shape index (κ2) is 2.61. The fourth-order valence-corrected chi connectivity index (χ4v) is 0.694. The van der Waals surface area contributed by atoms with E-state index in [0.717, 1.165) is 10.5 Å². The molecule has 0 aliphatic carbocycles. The molecule has 0 amide bonds. The van der Waals surface area contributed by atoms with E-state index in [-0.39, 0.29) is 0 Å². The van der Waals surface area contributed by atoms with Gasteiger partial charge in [-0.1, -0.05) is 5.92 Å². The highest BCUT2D eigenvalue weighted by atomic mass is 32.1. The van der Waals surface area contributed by atoms with Gasteiger partial charge in [-0.2, -0.15) is 0 Å². The van der Waals surface area contributed by atoms with Gasteiger partial charge in [-0.25, -0.2) is 0 Å². The van der Waals surface area contributed by atoms with Crippen LogP contribution in [0.2, 0.25) is 0 Å². The van der Waals surface area contributed by atoms with E-state index in [1.807, 2.05) is 12.1 Å². The van der Waals surface area contributed by atoms with Crippen LogP contribution in [0.1, 0.15) is 5.56 Å². The zero-order valence-corrected chi connectivity index (χ0v) is 5.65. The maximum absolute atomic E-state index is 6.74. The van der Waals surface area contributed by atoms with Gasteiger partial charge in [0.1, 0.15) is 0 Å². The molecule has 0 aliphatic heterocycles. The highest BCUT2D eigenvalue weighted by molar-refractivity contribution is 7.80. The number of hydrogen-bond donors (Lipinski definition) is 1. The lowest BCUT2D eigenvalue weighted by Gasteiger charge is -1.88. The molecule has 0 aliphatic rings. The lowest BCUT2D eigenvalue weighted by Crippen LogP contribution is -1.69. The molecule has 0 unspecified atom stereocenters. The second-order valence-electron chi connectivity index (χ2n) is 1.67. The first-order valence-electron chi connectivity index (χ1n) is 2.54. The average molecular weight is 133 g/mol. The van der Waals surface area contributed by atoms with Crippen LogP contribution in [0.15, 0.2) is 29.2 Å². The molecule has 0 bridgehead atoms. The van der Waals surface area contributed by atoms with Crippen molar-refractivity contribution in [3.05, 3.63) is 36.3 Å². The zero-order valence-electron chi connectivity index (χ0n) is 4.76. The monoisotopic (exact) mass is 133 g/mol. The van der Waals surface area contributed by atoms with Gasteiger partial charge in [0, 0.05) is 10.5 Å². The standard InChI is InChI=1S/C8H5S/c1-2-7-3-5-8(9)6-4-7/h3-6,9H. The summed E-state index contributed by atoms with van der Waals surface area (Å²) in [5, 5.41) is 0. The Balaban J connectivity index is 3.06. The number of hydrogen-bond acceptors (Lipinski definition) is 1. The lowest BCUT2D eigenvalue weighted by molar-refractivity contribution is 1.46. The van der Waals surface area contributed by atoms with Gasteiger partial charge in [-0.15, -0.1) is 12.6 Å². The third-order valence-corrected chi connectivity index (χ3v) is 1.31. The van der Waals surface area contributed by atoms with Crippen molar-refractivity contribution >= 4 is 12.6 Å². The van der Waals surface area contributed by atoms with Crippen LogP contribution in [0, 0.1) is 12.3 Å². The maximum atomic E-state index is 6.74. The third-order valence-electron chi connectivity index (χ3n) is 1.01. The van der Waals surface area contributed by atoms with E-state index in [1.54, 1.807) is 12.1 Å². The van der Waals surface area contributed by atoms with Crippen LogP contribution in [0.5, 0.6) is 0 Å². The molecule has 0 saturated heterocycles. The molecule has 0 N–H and O–H groups in total. The van der Waals surface area contributed by atoms with Crippen molar-refractivity contribution in [2.75, 3.05) is 0 Å². The van der Waals surface area contributed by atoms with Crippen molar-refractivity contribution < 1.29 is 0 Å². The topological polar surface area (TPSA) is 0 Å². The van der Waals surface area contributed by atoms with E-state index in [9.17, 15) is 0 Å². The van der Waals surface area contributed by atoms with Gasteiger partial charge in [0.25, 0.3) is 0 Å². The van der Waals surface area contributed by atoms with Crippen molar-refractivity contribution in [3.8, 4) is 5.92 Å². The molecule has 0 atom stereocenters. The first kappa shape index (κ1) is 6.25. The summed E-state index contributed by atoms with van der Waals surface area (Å²) in [6.07, 6.45) is 6.74. The normalized spacial score (nSPS) is 8.44. The smallest absolute Gasteiger partial charge is 0.0256 e. The van der Waals surface area contributed by atoms with E-state index in [2.05, 4.69) is 18.5 Å². The third kappa shape index (κ3) is 1.51. The fraction of sp³-hybridized carbons (Fsp3) is 0. The Morgan fingerprint density at radius 3 is 2.22 bits per heavy atom. The highest BCUT2D eigenvalue weighted by Gasteiger charge is 1.83. The predicted octanol–water partition coefficient (Wildman–Crippen LogP) is 1.91. The minimum Gasteiger partial charge on any atom is -0.143 e. The Bertz CT molecular complexity index is 228. The van der Waals surface area contributed by atoms with Gasteiger partial charge in [-0.05, 0) is 30.7 Å². The number of rotatable bonds is 0. The Morgan fingerprint density at radius 1 is 1.22 bits per heavy atom. The highest BCUT2D eigenvalue weighted by Crippen LogP contribution is 2.05. The van der Waals surface area contributed by atoms with Gasteiger partial charge in [0.05, 0.1) is 0 Å². The first-order valence-corrected chi connectivity index (χ1v) is 2.99. The number of thiol groups is 1. The SMILES string of the molecule is [C]#Cc1ccc(S)cc1. The van der Waals surface area contributed by atoms with E-state index in [0.29, 0.717) is 0 Å². The van der Waals surface area contributed by atoms with Gasteiger partial charge >= 0.3 is 0 Å². The maximum Gasteiger partial charge on any atom is 0.0256 e. The molecule has 43 valence electrons. The molecule has 0 saturated carbocycles. The quantitative estimate of drug-likeness (QED) is 0.405. The molecular formula is C8H5S. The Morgan fingerprint density at radius 2 is 1.78 bits per heavy atom. The second-order valence-corrected chi connectivity index (χ2v) is 2.19. The number of benzene rings is 1. The summed E-state index contributed by atoms with van der Waals surface area (Å²) < 4.78 is 0. The molecule has 1 rings (SSSR count). The summed E-state index contributed by atoms with van der Waals surface area (Å²) in [4.78, 5) is 0.911. The van der Waals surface area contributed by atoms with Gasteiger partial charge in [0.15, 0.2) is 0 Å². The molecule has 0 aromatic heterocycles. The van der Waals surface area contributed by atoms with E-state index < -0.39 is 0 Å². The minimum atomic E-state index is 0.785. The van der Waals surface area contributed by atoms with E-state index in [4.69, 9.17) is 6.42 Å². The van der Waals surface area contributed by atoms with E-state index >= 15 is 0 Å².